The molecule has 0 radical (unpaired) electrons. The lowest BCUT2D eigenvalue weighted by molar-refractivity contribution is -0.129. The van der Waals surface area contributed by atoms with E-state index in [1.165, 1.54) is 0 Å². The lowest BCUT2D eigenvalue weighted by Crippen LogP contribution is -2.30. The second-order valence-corrected chi connectivity index (χ2v) is 9.32. The Labute approximate surface area is 186 Å². The molecule has 0 saturated heterocycles. The van der Waals surface area contributed by atoms with Crippen molar-refractivity contribution in [3.63, 3.8) is 0 Å². The molecule has 166 valence electrons. The summed E-state index contributed by atoms with van der Waals surface area (Å²) >= 11 is 0. The first kappa shape index (κ1) is 21.1. The van der Waals surface area contributed by atoms with E-state index in [9.17, 15) is 19.9 Å². The summed E-state index contributed by atoms with van der Waals surface area (Å²) < 4.78 is 6.56. The Morgan fingerprint density at radius 2 is 2.09 bits per heavy atom. The Morgan fingerprint density at radius 3 is 2.81 bits per heavy atom. The number of aryl methyl sites for hydroxylation is 2. The van der Waals surface area contributed by atoms with E-state index >= 15 is 0 Å². The molecule has 1 aliphatic carbocycles. The number of benzene rings is 1. The fourth-order valence-corrected chi connectivity index (χ4v) is 5.30. The minimum absolute atomic E-state index is 0.205. The van der Waals surface area contributed by atoms with Gasteiger partial charge in [0.05, 0.1) is 34.7 Å². The van der Waals surface area contributed by atoms with Crippen molar-refractivity contribution in [3.8, 4) is 11.4 Å². The highest BCUT2D eigenvalue weighted by Crippen LogP contribution is 2.43. The van der Waals surface area contributed by atoms with Gasteiger partial charge in [-0.15, -0.1) is 0 Å². The van der Waals surface area contributed by atoms with E-state index in [1.807, 2.05) is 19.1 Å². The van der Waals surface area contributed by atoms with Gasteiger partial charge < -0.3 is 14.4 Å². The van der Waals surface area contributed by atoms with Gasteiger partial charge in [0.1, 0.15) is 11.9 Å². The van der Waals surface area contributed by atoms with Crippen molar-refractivity contribution in [3.05, 3.63) is 56.4 Å². The number of ether oxygens (including phenoxy) is 1. The van der Waals surface area contributed by atoms with Crippen LogP contribution in [0.2, 0.25) is 0 Å². The fourth-order valence-electron chi connectivity index (χ4n) is 5.05. The molecule has 8 nitrogen and oxygen atoms in total. The lowest BCUT2D eigenvalue weighted by atomic mass is 9.86. The van der Waals surface area contributed by atoms with E-state index in [1.54, 1.807) is 10.6 Å². The van der Waals surface area contributed by atoms with Crippen LogP contribution in [0.4, 0.5) is 5.69 Å². The minimum atomic E-state index is -1.33. The number of carbonyl (C=O) groups is 1. The molecule has 1 aliphatic heterocycles. The van der Waals surface area contributed by atoms with E-state index in [0.29, 0.717) is 36.4 Å². The predicted molar refractivity (Wildman–Crippen MR) is 123 cm³/mol. The number of anilines is 1. The van der Waals surface area contributed by atoms with Gasteiger partial charge in [0, 0.05) is 16.5 Å². The maximum absolute atomic E-state index is 13.5. The highest BCUT2D eigenvalue weighted by atomic mass is 31.0. The van der Waals surface area contributed by atoms with Gasteiger partial charge in [-0.2, -0.15) is 0 Å². The summed E-state index contributed by atoms with van der Waals surface area (Å²) in [7, 11) is 2.40. The zero-order valence-corrected chi connectivity index (χ0v) is 18.8. The molecule has 1 unspecified atom stereocenters. The number of nitrogens with zero attached hydrogens (tertiary/aromatic N) is 2. The summed E-state index contributed by atoms with van der Waals surface area (Å²) in [5, 5.41) is 20.2. The van der Waals surface area contributed by atoms with Crippen molar-refractivity contribution in [1.29, 1.82) is 0 Å². The molecule has 0 fully saturated rings. The molecule has 3 N–H and O–H groups in total. The maximum atomic E-state index is 13.5. The Hall–Kier alpha value is -2.80. The molecule has 2 aromatic heterocycles. The molecule has 0 amide bonds. The first-order valence-electron chi connectivity index (χ1n) is 10.6. The first-order valence-corrected chi connectivity index (χ1v) is 11.2. The van der Waals surface area contributed by atoms with Crippen molar-refractivity contribution in [2.24, 2.45) is 0 Å². The summed E-state index contributed by atoms with van der Waals surface area (Å²) in [6, 6.07) is 5.49. The monoisotopic (exact) mass is 453 g/mol. The Bertz CT molecular complexity index is 1330. The van der Waals surface area contributed by atoms with Crippen molar-refractivity contribution in [2.75, 3.05) is 5.48 Å². The van der Waals surface area contributed by atoms with Crippen LogP contribution in [0.3, 0.4) is 0 Å². The van der Waals surface area contributed by atoms with Gasteiger partial charge in [-0.1, -0.05) is 16.2 Å². The molecule has 5 rings (SSSR count). The number of pyridine rings is 2. The van der Waals surface area contributed by atoms with E-state index in [2.05, 4.69) is 14.7 Å². The topological polar surface area (TPSA) is 114 Å². The Balaban J connectivity index is 1.80. The van der Waals surface area contributed by atoms with Gasteiger partial charge in [0.15, 0.2) is 0 Å². The zero-order chi connectivity index (χ0) is 22.6. The molecule has 32 heavy (non-hydrogen) atoms. The number of hydrogen-bond acceptors (Lipinski definition) is 7. The quantitative estimate of drug-likeness (QED) is 0.234. The van der Waals surface area contributed by atoms with Crippen molar-refractivity contribution < 1.29 is 19.8 Å². The standard InChI is InChI=1S/C23H24N3O5P/c1-2-23(29,32)16-8-19-21-14(9-26(19)22(28)15(16)10-31-11-27)12-4-3-5-13-17(25-30)6-7-18(24-21)20(12)13/h6-8,11,25,29-30H,2-5,9-10,32H2,1H3/t23-/m1/s1. The SMILES string of the molecule is CC[C@@](O)(P)c1cc2n(c(=O)c1COC=O)Cc1c-2nc2ccc(NO)c3c2c1CCC3. The number of rotatable bonds is 6. The van der Waals surface area contributed by atoms with Crippen molar-refractivity contribution >= 4 is 32.3 Å². The van der Waals surface area contributed by atoms with Gasteiger partial charge in [0.25, 0.3) is 12.0 Å². The third-order valence-corrected chi connectivity index (χ3v) is 7.43. The van der Waals surface area contributed by atoms with Crippen molar-refractivity contribution in [1.82, 2.24) is 9.55 Å². The highest BCUT2D eigenvalue weighted by molar-refractivity contribution is 7.18. The predicted octanol–water partition coefficient (Wildman–Crippen LogP) is 2.82. The molecule has 1 aromatic carbocycles. The van der Waals surface area contributed by atoms with Crippen LogP contribution in [0.5, 0.6) is 0 Å². The summed E-state index contributed by atoms with van der Waals surface area (Å²) in [5.74, 6) is 0. The molecule has 2 aliphatic rings. The largest absolute Gasteiger partial charge is 0.463 e. The van der Waals surface area contributed by atoms with Crippen LogP contribution in [0, 0.1) is 0 Å². The van der Waals surface area contributed by atoms with Crippen LogP contribution in [0.1, 0.15) is 47.6 Å². The molecule has 9 heteroatoms. The van der Waals surface area contributed by atoms with E-state index < -0.39 is 5.34 Å². The van der Waals surface area contributed by atoms with Crippen LogP contribution >= 0.6 is 9.24 Å². The van der Waals surface area contributed by atoms with Crippen LogP contribution in [0.15, 0.2) is 23.0 Å². The second-order valence-electron chi connectivity index (χ2n) is 8.37. The van der Waals surface area contributed by atoms with Gasteiger partial charge in [0.2, 0.25) is 0 Å². The van der Waals surface area contributed by atoms with E-state index in [0.717, 1.165) is 52.5 Å². The van der Waals surface area contributed by atoms with Gasteiger partial charge in [-0.25, -0.2) is 4.98 Å². The number of carbonyl (C=O) groups excluding carboxylic acids is 1. The Morgan fingerprint density at radius 1 is 1.31 bits per heavy atom. The Kier molecular flexibility index (Phi) is 5.04. The summed E-state index contributed by atoms with van der Waals surface area (Å²) in [5.41, 5.74) is 8.76. The summed E-state index contributed by atoms with van der Waals surface area (Å²) in [6.07, 6.45) is 3.00. The number of hydrogen-bond donors (Lipinski definition) is 3. The third-order valence-electron chi connectivity index (χ3n) is 6.71. The van der Waals surface area contributed by atoms with Crippen LogP contribution in [-0.4, -0.2) is 26.3 Å². The van der Waals surface area contributed by atoms with Gasteiger partial charge in [-0.3, -0.25) is 20.3 Å². The number of aromatic nitrogens is 2. The minimum Gasteiger partial charge on any atom is -0.463 e. The first-order chi connectivity index (χ1) is 15.4. The molecule has 3 heterocycles. The molecule has 0 bridgehead atoms. The number of nitrogens with one attached hydrogen (secondary N) is 1. The lowest BCUT2D eigenvalue weighted by Gasteiger charge is -2.25. The number of fused-ring (bicyclic) bond motifs is 4. The van der Waals surface area contributed by atoms with Gasteiger partial charge >= 0.3 is 0 Å². The van der Waals surface area contributed by atoms with E-state index in [4.69, 9.17) is 9.72 Å². The molecule has 0 saturated carbocycles. The number of aliphatic hydroxyl groups is 1. The molecule has 0 spiro atoms. The van der Waals surface area contributed by atoms with Gasteiger partial charge in [-0.05, 0) is 55.0 Å². The average Bonchev–Trinajstić information content (AvgIpc) is 3.18. The van der Waals surface area contributed by atoms with Crippen molar-refractivity contribution in [2.45, 2.75) is 51.1 Å². The van der Waals surface area contributed by atoms with E-state index in [-0.39, 0.29) is 17.7 Å². The smallest absolute Gasteiger partial charge is 0.293 e. The molecule has 2 atom stereocenters. The highest BCUT2D eigenvalue weighted by Gasteiger charge is 2.34. The molecular formula is C23H24N3O5P. The van der Waals surface area contributed by atoms with Crippen LogP contribution in [-0.2, 0) is 40.9 Å². The van der Waals surface area contributed by atoms with Crippen LogP contribution < -0.4 is 11.0 Å². The van der Waals surface area contributed by atoms with Crippen LogP contribution in [0.25, 0.3) is 22.3 Å². The normalized spacial score (nSPS) is 15.8. The molecular weight excluding hydrogens is 429 g/mol. The second kappa shape index (κ2) is 7.66. The summed E-state index contributed by atoms with van der Waals surface area (Å²) in [4.78, 5) is 29.2. The third kappa shape index (κ3) is 2.98. The molecule has 3 aromatic rings. The maximum Gasteiger partial charge on any atom is 0.293 e. The summed E-state index contributed by atoms with van der Waals surface area (Å²) in [6.45, 7) is 2.29. The zero-order valence-electron chi connectivity index (χ0n) is 17.6. The fraction of sp³-hybridized carbons (Fsp3) is 0.348. The average molecular weight is 453 g/mol.